The first-order valence-corrected chi connectivity index (χ1v) is 7.01. The molecule has 0 saturated heterocycles. The third kappa shape index (κ3) is 3.50. The summed E-state index contributed by atoms with van der Waals surface area (Å²) in [6.45, 7) is 0.654. The first-order chi connectivity index (χ1) is 11.1. The lowest BCUT2D eigenvalue weighted by molar-refractivity contribution is -0.114. The topological polar surface area (TPSA) is 59.6 Å². The van der Waals surface area contributed by atoms with E-state index in [-0.39, 0.29) is 12.2 Å². The number of hydrogen-bond donors (Lipinski definition) is 2. The van der Waals surface area contributed by atoms with Gasteiger partial charge in [-0.15, -0.1) is 0 Å². The summed E-state index contributed by atoms with van der Waals surface area (Å²) in [5.41, 5.74) is 0.180. The molecule has 2 aromatic rings. The highest BCUT2D eigenvalue weighted by atomic mass is 19.1. The van der Waals surface area contributed by atoms with Gasteiger partial charge in [0.25, 0.3) is 0 Å². The lowest BCUT2D eigenvalue weighted by atomic mass is 10.2. The van der Waals surface area contributed by atoms with E-state index in [1.54, 1.807) is 18.2 Å². The van der Waals surface area contributed by atoms with Gasteiger partial charge in [-0.05, 0) is 24.3 Å². The molecule has 0 radical (unpaired) electrons. The average molecular weight is 320 g/mol. The van der Waals surface area contributed by atoms with E-state index in [9.17, 15) is 13.6 Å². The van der Waals surface area contributed by atoms with Crippen LogP contribution in [0.25, 0.3) is 0 Å². The molecule has 1 aliphatic rings. The Hall–Kier alpha value is -2.83. The number of nitrogens with one attached hydrogen (secondary N) is 2. The molecule has 3 rings (SSSR count). The zero-order valence-corrected chi connectivity index (χ0v) is 12.1. The van der Waals surface area contributed by atoms with Crippen molar-refractivity contribution in [2.45, 2.75) is 0 Å². The minimum Gasteiger partial charge on any atom is -0.486 e. The van der Waals surface area contributed by atoms with E-state index in [2.05, 4.69) is 10.6 Å². The number of anilines is 2. The fraction of sp³-hybridized carbons (Fsp3) is 0.188. The fourth-order valence-corrected chi connectivity index (χ4v) is 2.16. The summed E-state index contributed by atoms with van der Waals surface area (Å²) in [5, 5.41) is 5.06. The Kier molecular flexibility index (Phi) is 4.27. The van der Waals surface area contributed by atoms with Gasteiger partial charge in [0.05, 0.1) is 6.54 Å². The largest absolute Gasteiger partial charge is 0.486 e. The quantitative estimate of drug-likeness (QED) is 0.909. The van der Waals surface area contributed by atoms with Gasteiger partial charge in [0.2, 0.25) is 5.91 Å². The number of para-hydroxylation sites is 1. The maximum Gasteiger partial charge on any atom is 0.243 e. The number of carbonyl (C=O) groups excluding carboxylic acids is 1. The van der Waals surface area contributed by atoms with Gasteiger partial charge in [0.15, 0.2) is 11.5 Å². The first-order valence-electron chi connectivity index (χ1n) is 7.01. The minimum atomic E-state index is -0.753. The lowest BCUT2D eigenvalue weighted by Gasteiger charge is -2.19. The highest BCUT2D eigenvalue weighted by Gasteiger charge is 2.13. The van der Waals surface area contributed by atoms with E-state index >= 15 is 0 Å². The van der Waals surface area contributed by atoms with Crippen LogP contribution in [-0.2, 0) is 4.79 Å². The van der Waals surface area contributed by atoms with Crippen LogP contribution >= 0.6 is 0 Å². The van der Waals surface area contributed by atoms with Gasteiger partial charge < -0.3 is 20.1 Å². The standard InChI is InChI=1S/C16H14F2N2O3/c17-11-2-1-3-12(18)16(11)19-9-15(21)20-10-4-5-13-14(8-10)23-7-6-22-13/h1-5,8,19H,6-7,9H2,(H,20,21). The molecule has 23 heavy (non-hydrogen) atoms. The van der Waals surface area contributed by atoms with E-state index in [0.29, 0.717) is 30.4 Å². The van der Waals surface area contributed by atoms with E-state index in [1.165, 1.54) is 6.07 Å². The minimum absolute atomic E-state index is 0.272. The van der Waals surface area contributed by atoms with Crippen LogP contribution in [0.5, 0.6) is 11.5 Å². The maximum atomic E-state index is 13.5. The molecule has 1 aliphatic heterocycles. The maximum absolute atomic E-state index is 13.5. The third-order valence-corrected chi connectivity index (χ3v) is 3.21. The van der Waals surface area contributed by atoms with Crippen molar-refractivity contribution in [2.75, 3.05) is 30.4 Å². The molecule has 0 atom stereocenters. The molecular weight excluding hydrogens is 306 g/mol. The zero-order valence-electron chi connectivity index (χ0n) is 12.1. The molecule has 120 valence electrons. The molecule has 1 amide bonds. The van der Waals surface area contributed by atoms with Gasteiger partial charge in [-0.3, -0.25) is 4.79 Å². The molecule has 0 aliphatic carbocycles. The summed E-state index contributed by atoms with van der Waals surface area (Å²) < 4.78 is 37.7. The number of hydrogen-bond acceptors (Lipinski definition) is 4. The summed E-state index contributed by atoms with van der Waals surface area (Å²) in [5.74, 6) is -0.790. The van der Waals surface area contributed by atoms with Crippen LogP contribution in [0.4, 0.5) is 20.2 Å². The van der Waals surface area contributed by atoms with E-state index in [4.69, 9.17) is 9.47 Å². The number of benzene rings is 2. The van der Waals surface area contributed by atoms with Crippen LogP contribution in [-0.4, -0.2) is 25.7 Å². The van der Waals surface area contributed by atoms with Crippen molar-refractivity contribution >= 4 is 17.3 Å². The van der Waals surface area contributed by atoms with Crippen LogP contribution in [0.2, 0.25) is 0 Å². The third-order valence-electron chi connectivity index (χ3n) is 3.21. The monoisotopic (exact) mass is 320 g/mol. The van der Waals surface area contributed by atoms with Gasteiger partial charge in [-0.2, -0.15) is 0 Å². The predicted molar refractivity (Wildman–Crippen MR) is 80.9 cm³/mol. The highest BCUT2D eigenvalue weighted by Crippen LogP contribution is 2.32. The molecule has 0 fully saturated rings. The van der Waals surface area contributed by atoms with E-state index in [1.807, 2.05) is 0 Å². The van der Waals surface area contributed by atoms with Crippen LogP contribution in [0.15, 0.2) is 36.4 Å². The second-order valence-corrected chi connectivity index (χ2v) is 4.86. The summed E-state index contributed by atoms with van der Waals surface area (Å²) >= 11 is 0. The van der Waals surface area contributed by atoms with Crippen LogP contribution < -0.4 is 20.1 Å². The normalized spacial score (nSPS) is 12.6. The molecule has 0 bridgehead atoms. The summed E-state index contributed by atoms with van der Waals surface area (Å²) in [6.07, 6.45) is 0. The summed E-state index contributed by atoms with van der Waals surface area (Å²) in [7, 11) is 0. The summed E-state index contributed by atoms with van der Waals surface area (Å²) in [6, 6.07) is 8.47. The van der Waals surface area contributed by atoms with Crippen molar-refractivity contribution in [2.24, 2.45) is 0 Å². The number of halogens is 2. The number of ether oxygens (including phenoxy) is 2. The van der Waals surface area contributed by atoms with Crippen molar-refractivity contribution in [3.05, 3.63) is 48.0 Å². The SMILES string of the molecule is O=C(CNc1c(F)cccc1F)Nc1ccc2c(c1)OCCO2. The van der Waals surface area contributed by atoms with Gasteiger partial charge >= 0.3 is 0 Å². The van der Waals surface area contributed by atoms with Gasteiger partial charge in [-0.1, -0.05) is 6.07 Å². The Morgan fingerprint density at radius 3 is 2.48 bits per heavy atom. The molecule has 0 unspecified atom stereocenters. The van der Waals surface area contributed by atoms with Crippen molar-refractivity contribution in [3.8, 4) is 11.5 Å². The van der Waals surface area contributed by atoms with Crippen molar-refractivity contribution < 1.29 is 23.0 Å². The number of rotatable bonds is 4. The van der Waals surface area contributed by atoms with Gasteiger partial charge in [0.1, 0.15) is 30.5 Å². The smallest absolute Gasteiger partial charge is 0.243 e. The Balaban J connectivity index is 1.61. The first kappa shape index (κ1) is 15.1. The Labute approximate surface area is 131 Å². The fourth-order valence-electron chi connectivity index (χ4n) is 2.16. The zero-order chi connectivity index (χ0) is 16.2. The molecule has 0 saturated carbocycles. The molecule has 7 heteroatoms. The molecule has 1 heterocycles. The van der Waals surface area contributed by atoms with Crippen LogP contribution in [0.3, 0.4) is 0 Å². The van der Waals surface area contributed by atoms with E-state index < -0.39 is 17.5 Å². The molecule has 2 N–H and O–H groups in total. The second-order valence-electron chi connectivity index (χ2n) is 4.86. The highest BCUT2D eigenvalue weighted by molar-refractivity contribution is 5.94. The molecular formula is C16H14F2N2O3. The van der Waals surface area contributed by atoms with Crippen LogP contribution in [0.1, 0.15) is 0 Å². The second kappa shape index (κ2) is 6.51. The predicted octanol–water partition coefficient (Wildman–Crippen LogP) is 2.79. The van der Waals surface area contributed by atoms with Gasteiger partial charge in [-0.25, -0.2) is 8.78 Å². The molecule has 5 nitrogen and oxygen atoms in total. The van der Waals surface area contributed by atoms with Crippen molar-refractivity contribution in [1.82, 2.24) is 0 Å². The van der Waals surface area contributed by atoms with E-state index in [0.717, 1.165) is 12.1 Å². The number of carbonyl (C=O) groups is 1. The van der Waals surface area contributed by atoms with Crippen molar-refractivity contribution in [3.63, 3.8) is 0 Å². The molecule has 0 aromatic heterocycles. The Bertz CT molecular complexity index is 717. The lowest BCUT2D eigenvalue weighted by Crippen LogP contribution is -2.23. The summed E-state index contributed by atoms with van der Waals surface area (Å²) in [4.78, 5) is 11.9. The molecule has 0 spiro atoms. The molecule has 2 aromatic carbocycles. The van der Waals surface area contributed by atoms with Crippen LogP contribution in [0, 0.1) is 11.6 Å². The Morgan fingerprint density at radius 1 is 1.04 bits per heavy atom. The average Bonchev–Trinajstić information content (AvgIpc) is 2.54. The number of fused-ring (bicyclic) bond motifs is 1. The Morgan fingerprint density at radius 2 is 1.74 bits per heavy atom. The van der Waals surface area contributed by atoms with Gasteiger partial charge in [0, 0.05) is 11.8 Å². The number of amides is 1. The van der Waals surface area contributed by atoms with Crippen molar-refractivity contribution in [1.29, 1.82) is 0 Å².